The van der Waals surface area contributed by atoms with Crippen LogP contribution in [0.25, 0.3) is 17.2 Å². The minimum atomic E-state index is -2.98. The van der Waals surface area contributed by atoms with Crippen LogP contribution in [-0.4, -0.2) is 38.5 Å². The largest absolute Gasteiger partial charge is 0.431 e. The molecule has 0 fully saturated rings. The van der Waals surface area contributed by atoms with Crippen molar-refractivity contribution in [3.05, 3.63) is 48.1 Å². The number of anilines is 1. The van der Waals surface area contributed by atoms with E-state index in [1.807, 2.05) is 6.92 Å². The molecule has 3 heterocycles. The van der Waals surface area contributed by atoms with Crippen LogP contribution >= 0.6 is 0 Å². The average Bonchev–Trinajstić information content (AvgIpc) is 3.08. The Hall–Kier alpha value is -3.56. The molecule has 0 aliphatic carbocycles. The predicted octanol–water partition coefficient (Wildman–Crippen LogP) is 2.76. The summed E-state index contributed by atoms with van der Waals surface area (Å²) in [7, 11) is 0. The Morgan fingerprint density at radius 3 is 3.00 bits per heavy atom. The van der Waals surface area contributed by atoms with Gasteiger partial charge in [-0.2, -0.15) is 8.78 Å². The molecule has 4 N–H and O–H groups in total. The number of hydrogen-bond acceptors (Lipinski definition) is 6. The molecule has 1 atom stereocenters. The Bertz CT molecular complexity index is 972. The maximum absolute atomic E-state index is 12.3. The third-order valence-electron chi connectivity index (χ3n) is 3.77. The molecule has 146 valence electrons. The lowest BCUT2D eigenvalue weighted by Gasteiger charge is -2.10. The summed E-state index contributed by atoms with van der Waals surface area (Å²) >= 11 is 0. The van der Waals surface area contributed by atoms with E-state index in [4.69, 9.17) is 5.73 Å². The number of hydrogen-bond donors (Lipinski definition) is 3. The van der Waals surface area contributed by atoms with Crippen LogP contribution in [0.4, 0.5) is 14.6 Å². The number of rotatable bonds is 7. The minimum absolute atomic E-state index is 0.113. The Kier molecular flexibility index (Phi) is 5.78. The monoisotopic (exact) mass is 388 g/mol. The van der Waals surface area contributed by atoms with Crippen LogP contribution < -0.4 is 15.8 Å². The van der Waals surface area contributed by atoms with E-state index in [2.05, 4.69) is 30.0 Å². The number of H-pyrrole nitrogens is 1. The van der Waals surface area contributed by atoms with Crippen LogP contribution in [0.3, 0.4) is 0 Å². The number of imidazole rings is 1. The SMILES string of the molecule is C[C@@H](C/C=C/c1cnc(N)c(OC(F)F)c1)NC(=O)c1nc2ncccc2[nH]1. The lowest BCUT2D eigenvalue weighted by molar-refractivity contribution is -0.0495. The standard InChI is InChI=1S/C18H18F2N6O2/c1-10(24-17(27)16-25-12-6-3-7-22-15(12)26-16)4-2-5-11-8-13(28-18(19)20)14(21)23-9-11/h2-3,5-10,18H,4H2,1H3,(H2,21,23)(H,24,27)(H,22,25,26)/b5-2+/t10-/m0/s1. The van der Waals surface area contributed by atoms with Gasteiger partial charge in [-0.15, -0.1) is 0 Å². The molecule has 0 saturated carbocycles. The van der Waals surface area contributed by atoms with Crippen LogP contribution in [0.15, 0.2) is 36.7 Å². The first-order valence-electron chi connectivity index (χ1n) is 8.41. The summed E-state index contributed by atoms with van der Waals surface area (Å²) in [6.07, 6.45) is 7.00. The molecule has 3 rings (SSSR count). The number of aromatic nitrogens is 4. The third-order valence-corrected chi connectivity index (χ3v) is 3.77. The number of amides is 1. The van der Waals surface area contributed by atoms with Crippen molar-refractivity contribution in [2.45, 2.75) is 26.0 Å². The second-order valence-corrected chi connectivity index (χ2v) is 6.00. The molecular weight excluding hydrogens is 370 g/mol. The number of nitrogens with two attached hydrogens (primary N) is 1. The lowest BCUT2D eigenvalue weighted by atomic mass is 10.2. The number of carbonyl (C=O) groups excluding carboxylic acids is 1. The van der Waals surface area contributed by atoms with Crippen molar-refractivity contribution in [1.29, 1.82) is 0 Å². The molecule has 0 aliphatic heterocycles. The maximum atomic E-state index is 12.3. The fraction of sp³-hybridized carbons (Fsp3) is 0.222. The van der Waals surface area contributed by atoms with E-state index in [0.29, 0.717) is 23.1 Å². The molecule has 3 aromatic rings. The number of fused-ring (bicyclic) bond motifs is 1. The summed E-state index contributed by atoms with van der Waals surface area (Å²) in [5.41, 5.74) is 7.20. The Balaban J connectivity index is 1.57. The van der Waals surface area contributed by atoms with Gasteiger partial charge in [0, 0.05) is 18.4 Å². The molecular formula is C18H18F2N6O2. The van der Waals surface area contributed by atoms with Crippen molar-refractivity contribution in [3.63, 3.8) is 0 Å². The second-order valence-electron chi connectivity index (χ2n) is 6.00. The van der Waals surface area contributed by atoms with Gasteiger partial charge >= 0.3 is 6.61 Å². The molecule has 0 unspecified atom stereocenters. The smallest absolute Gasteiger partial charge is 0.387 e. The van der Waals surface area contributed by atoms with E-state index >= 15 is 0 Å². The fourth-order valence-electron chi connectivity index (χ4n) is 2.46. The van der Waals surface area contributed by atoms with Crippen molar-refractivity contribution in [3.8, 4) is 5.75 Å². The highest BCUT2D eigenvalue weighted by molar-refractivity contribution is 5.93. The average molecular weight is 388 g/mol. The summed E-state index contributed by atoms with van der Waals surface area (Å²) in [6, 6.07) is 4.71. The molecule has 0 saturated heterocycles. The number of nitrogen functional groups attached to an aromatic ring is 1. The van der Waals surface area contributed by atoms with Crippen molar-refractivity contribution >= 4 is 29.0 Å². The van der Waals surface area contributed by atoms with E-state index < -0.39 is 6.61 Å². The van der Waals surface area contributed by atoms with Crippen LogP contribution in [-0.2, 0) is 0 Å². The number of aromatic amines is 1. The quantitative estimate of drug-likeness (QED) is 0.573. The first-order valence-corrected chi connectivity index (χ1v) is 8.41. The van der Waals surface area contributed by atoms with Crippen LogP contribution in [0.5, 0.6) is 5.75 Å². The van der Waals surface area contributed by atoms with E-state index in [9.17, 15) is 13.6 Å². The van der Waals surface area contributed by atoms with Crippen molar-refractivity contribution in [2.75, 3.05) is 5.73 Å². The van der Waals surface area contributed by atoms with Crippen LogP contribution in [0, 0.1) is 0 Å². The van der Waals surface area contributed by atoms with Gasteiger partial charge in [-0.3, -0.25) is 4.79 Å². The number of alkyl halides is 2. The molecule has 0 aliphatic rings. The summed E-state index contributed by atoms with van der Waals surface area (Å²) < 4.78 is 29.0. The van der Waals surface area contributed by atoms with E-state index in [1.165, 1.54) is 12.3 Å². The van der Waals surface area contributed by atoms with Gasteiger partial charge in [0.05, 0.1) is 5.52 Å². The number of carbonyl (C=O) groups is 1. The van der Waals surface area contributed by atoms with E-state index in [0.717, 1.165) is 0 Å². The Morgan fingerprint density at radius 2 is 2.25 bits per heavy atom. The zero-order chi connectivity index (χ0) is 20.1. The molecule has 3 aromatic heterocycles. The zero-order valence-corrected chi connectivity index (χ0v) is 14.9. The fourth-order valence-corrected chi connectivity index (χ4v) is 2.46. The summed E-state index contributed by atoms with van der Waals surface area (Å²) in [5.74, 6) is -0.461. The molecule has 10 heteroatoms. The van der Waals surface area contributed by atoms with Crippen molar-refractivity contribution < 1.29 is 18.3 Å². The molecule has 0 aromatic carbocycles. The first kappa shape index (κ1) is 19.2. The molecule has 28 heavy (non-hydrogen) atoms. The van der Waals surface area contributed by atoms with Crippen molar-refractivity contribution in [2.24, 2.45) is 0 Å². The molecule has 0 spiro atoms. The molecule has 1 amide bonds. The first-order chi connectivity index (χ1) is 13.4. The molecule has 0 bridgehead atoms. The summed E-state index contributed by atoms with van der Waals surface area (Å²) in [6.45, 7) is -1.15. The normalized spacial score (nSPS) is 12.6. The number of nitrogens with zero attached hydrogens (tertiary/aromatic N) is 3. The van der Waals surface area contributed by atoms with Gasteiger partial charge in [0.25, 0.3) is 5.91 Å². The van der Waals surface area contributed by atoms with Gasteiger partial charge in [0.15, 0.2) is 23.0 Å². The summed E-state index contributed by atoms with van der Waals surface area (Å²) in [4.78, 5) is 27.2. The summed E-state index contributed by atoms with van der Waals surface area (Å²) in [5, 5.41) is 2.82. The Labute approximate surface area is 158 Å². The predicted molar refractivity (Wildman–Crippen MR) is 99.7 cm³/mol. The highest BCUT2D eigenvalue weighted by atomic mass is 19.3. The van der Waals surface area contributed by atoms with Gasteiger partial charge in [-0.25, -0.2) is 15.0 Å². The van der Waals surface area contributed by atoms with Gasteiger partial charge < -0.3 is 20.8 Å². The van der Waals surface area contributed by atoms with E-state index in [-0.39, 0.29) is 29.3 Å². The molecule has 0 radical (unpaired) electrons. The maximum Gasteiger partial charge on any atom is 0.387 e. The lowest BCUT2D eigenvalue weighted by Crippen LogP contribution is -2.32. The molecule has 8 nitrogen and oxygen atoms in total. The van der Waals surface area contributed by atoms with E-state index in [1.54, 1.807) is 30.5 Å². The Morgan fingerprint density at radius 1 is 1.43 bits per heavy atom. The highest BCUT2D eigenvalue weighted by Gasteiger charge is 2.14. The second kappa shape index (κ2) is 8.42. The van der Waals surface area contributed by atoms with Crippen LogP contribution in [0.1, 0.15) is 29.5 Å². The van der Waals surface area contributed by atoms with Gasteiger partial charge in [0.1, 0.15) is 0 Å². The van der Waals surface area contributed by atoms with Gasteiger partial charge in [0.2, 0.25) is 0 Å². The number of halogens is 2. The number of ether oxygens (including phenoxy) is 1. The number of pyridine rings is 2. The van der Waals surface area contributed by atoms with Gasteiger partial charge in [-0.05, 0) is 37.1 Å². The third kappa shape index (κ3) is 4.78. The minimum Gasteiger partial charge on any atom is -0.431 e. The van der Waals surface area contributed by atoms with Gasteiger partial charge in [-0.1, -0.05) is 12.2 Å². The van der Waals surface area contributed by atoms with Crippen molar-refractivity contribution in [1.82, 2.24) is 25.3 Å². The number of nitrogens with one attached hydrogen (secondary N) is 2. The van der Waals surface area contributed by atoms with Crippen LogP contribution in [0.2, 0.25) is 0 Å². The highest BCUT2D eigenvalue weighted by Crippen LogP contribution is 2.22. The zero-order valence-electron chi connectivity index (χ0n) is 14.9. The topological polar surface area (TPSA) is 119 Å².